The van der Waals surface area contributed by atoms with E-state index in [2.05, 4.69) is 63.6 Å². The number of thioether (sulfide) groups is 1. The Morgan fingerprint density at radius 3 is 2.89 bits per heavy atom. The summed E-state index contributed by atoms with van der Waals surface area (Å²) in [7, 11) is 0. The first-order valence-electron chi connectivity index (χ1n) is 7.23. The van der Waals surface area contributed by atoms with Gasteiger partial charge in [-0.1, -0.05) is 13.3 Å². The lowest BCUT2D eigenvalue weighted by atomic mass is 10.0. The number of nitrogens with one attached hydrogen (secondary N) is 1. The maximum Gasteiger partial charge on any atom is 0.0710 e. The van der Waals surface area contributed by atoms with Crippen LogP contribution in [0.25, 0.3) is 0 Å². The minimum absolute atomic E-state index is 0.398. The van der Waals surface area contributed by atoms with Crippen molar-refractivity contribution in [3.8, 4) is 0 Å². The normalized spacial score (nSPS) is 21.8. The molecule has 1 aliphatic rings. The maximum atomic E-state index is 4.53. The maximum absolute atomic E-state index is 4.53. The fourth-order valence-corrected chi connectivity index (χ4v) is 4.65. The number of rotatable bonds is 5. The SMILES string of the molecule is CCNC(c1c(Br)cnn1C(C)C)C1CCCCS1. The van der Waals surface area contributed by atoms with E-state index in [4.69, 9.17) is 0 Å². The third-order valence-corrected chi connectivity index (χ3v) is 5.65. The van der Waals surface area contributed by atoms with Crippen molar-refractivity contribution in [3.05, 3.63) is 16.4 Å². The van der Waals surface area contributed by atoms with Crippen LogP contribution in [-0.2, 0) is 0 Å². The van der Waals surface area contributed by atoms with E-state index in [0.717, 1.165) is 11.0 Å². The van der Waals surface area contributed by atoms with Crippen molar-refractivity contribution < 1.29 is 0 Å². The van der Waals surface area contributed by atoms with Crippen molar-refractivity contribution in [2.45, 2.75) is 57.4 Å². The molecule has 3 nitrogen and oxygen atoms in total. The molecule has 0 amide bonds. The van der Waals surface area contributed by atoms with E-state index >= 15 is 0 Å². The molecule has 0 bridgehead atoms. The number of nitrogens with zero attached hydrogens (tertiary/aromatic N) is 2. The van der Waals surface area contributed by atoms with Crippen molar-refractivity contribution in [1.29, 1.82) is 0 Å². The molecule has 19 heavy (non-hydrogen) atoms. The van der Waals surface area contributed by atoms with Gasteiger partial charge in [0.15, 0.2) is 0 Å². The summed E-state index contributed by atoms with van der Waals surface area (Å²) >= 11 is 5.80. The summed E-state index contributed by atoms with van der Waals surface area (Å²) in [5.41, 5.74) is 1.32. The third-order valence-electron chi connectivity index (χ3n) is 3.58. The Kier molecular flexibility index (Phi) is 5.78. The predicted octanol–water partition coefficient (Wildman–Crippen LogP) is 4.16. The minimum Gasteiger partial charge on any atom is -0.308 e. The molecule has 1 aliphatic heterocycles. The number of aromatic nitrogens is 2. The number of hydrogen-bond acceptors (Lipinski definition) is 3. The van der Waals surface area contributed by atoms with Crippen LogP contribution in [0.2, 0.25) is 0 Å². The highest BCUT2D eigenvalue weighted by Crippen LogP contribution is 2.37. The number of hydrogen-bond donors (Lipinski definition) is 1. The van der Waals surface area contributed by atoms with Gasteiger partial charge in [-0.25, -0.2) is 0 Å². The highest BCUT2D eigenvalue weighted by molar-refractivity contribution is 9.10. The zero-order valence-corrected chi connectivity index (χ0v) is 14.4. The standard InChI is InChI=1S/C14H24BrN3S/c1-4-16-13(12-7-5-6-8-19-12)14-11(15)9-17-18(14)10(2)3/h9-10,12-13,16H,4-8H2,1-3H3. The van der Waals surface area contributed by atoms with Crippen LogP contribution >= 0.6 is 27.7 Å². The molecular weight excluding hydrogens is 322 g/mol. The fourth-order valence-electron chi connectivity index (χ4n) is 2.71. The lowest BCUT2D eigenvalue weighted by Crippen LogP contribution is -2.34. The molecule has 1 fully saturated rings. The van der Waals surface area contributed by atoms with Gasteiger partial charge in [-0.15, -0.1) is 0 Å². The van der Waals surface area contributed by atoms with Crippen molar-refractivity contribution in [1.82, 2.24) is 15.1 Å². The van der Waals surface area contributed by atoms with Gasteiger partial charge in [0.05, 0.1) is 22.4 Å². The van der Waals surface area contributed by atoms with Gasteiger partial charge in [0, 0.05) is 11.3 Å². The van der Waals surface area contributed by atoms with E-state index in [1.54, 1.807) is 0 Å². The Labute approximate surface area is 129 Å². The average molecular weight is 346 g/mol. The van der Waals surface area contributed by atoms with E-state index in [1.165, 1.54) is 30.7 Å². The van der Waals surface area contributed by atoms with Gasteiger partial charge in [0.1, 0.15) is 0 Å². The Balaban J connectivity index is 2.29. The average Bonchev–Trinajstić information content (AvgIpc) is 2.79. The summed E-state index contributed by atoms with van der Waals surface area (Å²) in [6.07, 6.45) is 5.96. The molecule has 1 aromatic heterocycles. The van der Waals surface area contributed by atoms with Crippen molar-refractivity contribution in [2.75, 3.05) is 12.3 Å². The first-order valence-corrected chi connectivity index (χ1v) is 9.07. The molecule has 0 saturated carbocycles. The Bertz CT molecular complexity index is 399. The van der Waals surface area contributed by atoms with Gasteiger partial charge in [-0.05, 0) is 54.9 Å². The van der Waals surface area contributed by atoms with Gasteiger partial charge in [0.25, 0.3) is 0 Å². The van der Waals surface area contributed by atoms with E-state index in [9.17, 15) is 0 Å². The molecule has 108 valence electrons. The Hall–Kier alpha value is -0.000000000000000111. The summed E-state index contributed by atoms with van der Waals surface area (Å²) in [4.78, 5) is 0. The molecule has 0 spiro atoms. The largest absolute Gasteiger partial charge is 0.308 e. The van der Waals surface area contributed by atoms with E-state index in [0.29, 0.717) is 17.3 Å². The molecule has 2 atom stereocenters. The summed E-state index contributed by atoms with van der Waals surface area (Å²) in [6, 6.07) is 0.797. The molecule has 1 saturated heterocycles. The lowest BCUT2D eigenvalue weighted by Gasteiger charge is -2.31. The van der Waals surface area contributed by atoms with Gasteiger partial charge >= 0.3 is 0 Å². The first-order chi connectivity index (χ1) is 9.15. The summed E-state index contributed by atoms with van der Waals surface area (Å²) < 4.78 is 3.30. The van der Waals surface area contributed by atoms with Crippen molar-refractivity contribution >= 4 is 27.7 Å². The molecular formula is C14H24BrN3S. The first kappa shape index (κ1) is 15.4. The van der Waals surface area contributed by atoms with Crippen molar-refractivity contribution in [2.24, 2.45) is 0 Å². The second-order valence-electron chi connectivity index (χ2n) is 5.36. The summed E-state index contributed by atoms with van der Waals surface area (Å²) in [5.74, 6) is 1.29. The van der Waals surface area contributed by atoms with Crippen LogP contribution in [0.4, 0.5) is 0 Å². The van der Waals surface area contributed by atoms with Gasteiger partial charge in [-0.2, -0.15) is 16.9 Å². The summed E-state index contributed by atoms with van der Waals surface area (Å²) in [5, 5.41) is 8.88. The van der Waals surface area contributed by atoms with E-state index in [-0.39, 0.29) is 0 Å². The van der Waals surface area contributed by atoms with Crippen LogP contribution in [-0.4, -0.2) is 27.3 Å². The molecule has 5 heteroatoms. The van der Waals surface area contributed by atoms with Gasteiger partial charge in [0.2, 0.25) is 0 Å². The second kappa shape index (κ2) is 7.14. The topological polar surface area (TPSA) is 29.9 Å². The Morgan fingerprint density at radius 2 is 2.32 bits per heavy atom. The minimum atomic E-state index is 0.398. The number of halogens is 1. The van der Waals surface area contributed by atoms with Crippen LogP contribution in [0.5, 0.6) is 0 Å². The van der Waals surface area contributed by atoms with E-state index in [1.807, 2.05) is 6.20 Å². The highest BCUT2D eigenvalue weighted by Gasteiger charge is 2.29. The molecule has 0 aliphatic carbocycles. The van der Waals surface area contributed by atoms with Crippen LogP contribution in [0.1, 0.15) is 57.8 Å². The lowest BCUT2D eigenvalue weighted by molar-refractivity contribution is 0.425. The van der Waals surface area contributed by atoms with E-state index < -0.39 is 0 Å². The van der Waals surface area contributed by atoms with Crippen LogP contribution in [0.3, 0.4) is 0 Å². The van der Waals surface area contributed by atoms with Gasteiger partial charge in [-0.3, -0.25) is 4.68 Å². The molecule has 2 heterocycles. The fraction of sp³-hybridized carbons (Fsp3) is 0.786. The quantitative estimate of drug-likeness (QED) is 0.868. The zero-order valence-electron chi connectivity index (χ0n) is 12.0. The predicted molar refractivity (Wildman–Crippen MR) is 86.8 cm³/mol. The molecule has 1 aromatic rings. The third kappa shape index (κ3) is 3.56. The smallest absolute Gasteiger partial charge is 0.0710 e. The molecule has 2 rings (SSSR count). The Morgan fingerprint density at radius 1 is 1.53 bits per heavy atom. The van der Waals surface area contributed by atoms with Crippen molar-refractivity contribution in [3.63, 3.8) is 0 Å². The zero-order chi connectivity index (χ0) is 13.8. The highest BCUT2D eigenvalue weighted by atomic mass is 79.9. The molecule has 0 aromatic carbocycles. The van der Waals surface area contributed by atoms with Gasteiger partial charge < -0.3 is 5.32 Å². The summed E-state index contributed by atoms with van der Waals surface area (Å²) in [6.45, 7) is 7.57. The molecule has 2 unspecified atom stereocenters. The molecule has 1 N–H and O–H groups in total. The second-order valence-corrected chi connectivity index (χ2v) is 7.56. The molecule has 0 radical (unpaired) electrons. The van der Waals surface area contributed by atoms with Crippen LogP contribution in [0.15, 0.2) is 10.7 Å². The monoisotopic (exact) mass is 345 g/mol. The van der Waals surface area contributed by atoms with Crippen LogP contribution < -0.4 is 5.32 Å². The van der Waals surface area contributed by atoms with Crippen LogP contribution in [0, 0.1) is 0 Å².